The SMILES string of the molecule is COc1cc(/C=C/C(=O)Oc2cc(C)ccc2Cl)cc(OC)c1OC. The third kappa shape index (κ3) is 4.67. The number of hydrogen-bond acceptors (Lipinski definition) is 5. The normalized spacial score (nSPS) is 10.6. The summed E-state index contributed by atoms with van der Waals surface area (Å²) < 4.78 is 21.1. The molecule has 132 valence electrons. The highest BCUT2D eigenvalue weighted by molar-refractivity contribution is 6.32. The van der Waals surface area contributed by atoms with Gasteiger partial charge in [-0.3, -0.25) is 0 Å². The molecule has 2 rings (SSSR count). The Morgan fingerprint density at radius 3 is 2.16 bits per heavy atom. The van der Waals surface area contributed by atoms with E-state index < -0.39 is 5.97 Å². The maximum absolute atomic E-state index is 12.0. The van der Waals surface area contributed by atoms with Crippen molar-refractivity contribution < 1.29 is 23.7 Å². The topological polar surface area (TPSA) is 54.0 Å². The Labute approximate surface area is 151 Å². The Morgan fingerprint density at radius 2 is 1.60 bits per heavy atom. The van der Waals surface area contributed by atoms with E-state index in [1.54, 1.807) is 30.3 Å². The maximum atomic E-state index is 12.0. The van der Waals surface area contributed by atoms with Crippen molar-refractivity contribution in [2.45, 2.75) is 6.92 Å². The summed E-state index contributed by atoms with van der Waals surface area (Å²) in [5.74, 6) is 1.26. The maximum Gasteiger partial charge on any atom is 0.336 e. The number of halogens is 1. The van der Waals surface area contributed by atoms with Gasteiger partial charge >= 0.3 is 5.97 Å². The number of hydrogen-bond donors (Lipinski definition) is 0. The zero-order chi connectivity index (χ0) is 18.4. The summed E-state index contributed by atoms with van der Waals surface area (Å²) in [6.45, 7) is 1.89. The van der Waals surface area contributed by atoms with Crippen LogP contribution in [-0.2, 0) is 4.79 Å². The summed E-state index contributed by atoms with van der Waals surface area (Å²) >= 11 is 6.02. The Kier molecular flexibility index (Phi) is 6.31. The minimum atomic E-state index is -0.541. The van der Waals surface area contributed by atoms with Gasteiger partial charge in [-0.25, -0.2) is 4.79 Å². The summed E-state index contributed by atoms with van der Waals surface area (Å²) in [5, 5.41) is 0.375. The molecule has 2 aromatic carbocycles. The molecule has 0 atom stereocenters. The van der Waals surface area contributed by atoms with Crippen LogP contribution in [0.15, 0.2) is 36.4 Å². The van der Waals surface area contributed by atoms with E-state index in [0.717, 1.165) is 5.56 Å². The van der Waals surface area contributed by atoms with E-state index in [1.165, 1.54) is 27.4 Å². The summed E-state index contributed by atoms with van der Waals surface area (Å²) in [6.07, 6.45) is 2.90. The van der Waals surface area contributed by atoms with Crippen molar-refractivity contribution in [1.82, 2.24) is 0 Å². The van der Waals surface area contributed by atoms with Gasteiger partial charge in [0.25, 0.3) is 0 Å². The standard InChI is InChI=1S/C19H19ClO5/c1-12-5-7-14(20)15(9-12)25-18(21)8-6-13-10-16(22-2)19(24-4)17(11-13)23-3/h5-11H,1-4H3/b8-6+. The fourth-order valence-corrected chi connectivity index (χ4v) is 2.35. The fraction of sp³-hybridized carbons (Fsp3) is 0.211. The first-order valence-electron chi connectivity index (χ1n) is 7.44. The van der Waals surface area contributed by atoms with Crippen molar-refractivity contribution in [2.75, 3.05) is 21.3 Å². The highest BCUT2D eigenvalue weighted by Crippen LogP contribution is 2.38. The van der Waals surface area contributed by atoms with Crippen LogP contribution in [0.25, 0.3) is 6.08 Å². The van der Waals surface area contributed by atoms with Crippen LogP contribution in [0.3, 0.4) is 0 Å². The van der Waals surface area contributed by atoms with Gasteiger partial charge in [0.15, 0.2) is 11.5 Å². The van der Waals surface area contributed by atoms with Crippen molar-refractivity contribution >= 4 is 23.6 Å². The van der Waals surface area contributed by atoms with E-state index >= 15 is 0 Å². The molecular formula is C19H19ClO5. The fourth-order valence-electron chi connectivity index (χ4n) is 2.19. The second-order valence-corrected chi connectivity index (χ2v) is 5.55. The van der Waals surface area contributed by atoms with Gasteiger partial charge in [0.2, 0.25) is 5.75 Å². The lowest BCUT2D eigenvalue weighted by atomic mass is 10.1. The van der Waals surface area contributed by atoms with Crippen molar-refractivity contribution in [3.05, 3.63) is 52.6 Å². The lowest BCUT2D eigenvalue weighted by Crippen LogP contribution is -2.04. The van der Waals surface area contributed by atoms with Crippen molar-refractivity contribution in [3.63, 3.8) is 0 Å². The molecular weight excluding hydrogens is 344 g/mol. The van der Waals surface area contributed by atoms with E-state index in [1.807, 2.05) is 13.0 Å². The van der Waals surface area contributed by atoms with Gasteiger partial charge in [0.05, 0.1) is 26.4 Å². The van der Waals surface area contributed by atoms with Crippen molar-refractivity contribution in [3.8, 4) is 23.0 Å². The minimum absolute atomic E-state index is 0.321. The molecule has 5 nitrogen and oxygen atoms in total. The molecule has 0 heterocycles. The summed E-state index contributed by atoms with van der Waals surface area (Å²) in [4.78, 5) is 12.0. The van der Waals surface area contributed by atoms with Crippen LogP contribution in [0.4, 0.5) is 0 Å². The molecule has 0 amide bonds. The molecule has 0 radical (unpaired) electrons. The first-order valence-corrected chi connectivity index (χ1v) is 7.82. The van der Waals surface area contributed by atoms with Gasteiger partial charge in [-0.2, -0.15) is 0 Å². The van der Waals surface area contributed by atoms with Crippen molar-refractivity contribution in [1.29, 1.82) is 0 Å². The van der Waals surface area contributed by atoms with Crippen LogP contribution in [0, 0.1) is 6.92 Å². The lowest BCUT2D eigenvalue weighted by Gasteiger charge is -2.12. The zero-order valence-corrected chi connectivity index (χ0v) is 15.2. The highest BCUT2D eigenvalue weighted by atomic mass is 35.5. The van der Waals surface area contributed by atoms with Gasteiger partial charge in [-0.05, 0) is 48.4 Å². The molecule has 0 N–H and O–H groups in total. The molecule has 0 spiro atoms. The quantitative estimate of drug-likeness (QED) is 0.436. The first-order chi connectivity index (χ1) is 12.0. The van der Waals surface area contributed by atoms with E-state index in [0.29, 0.717) is 33.6 Å². The highest BCUT2D eigenvalue weighted by Gasteiger charge is 2.12. The molecule has 0 unspecified atom stereocenters. The van der Waals surface area contributed by atoms with Crippen LogP contribution in [0.5, 0.6) is 23.0 Å². The van der Waals surface area contributed by atoms with Gasteiger partial charge in [0, 0.05) is 6.08 Å². The zero-order valence-electron chi connectivity index (χ0n) is 14.5. The Hall–Kier alpha value is -2.66. The molecule has 2 aromatic rings. The van der Waals surface area contributed by atoms with Gasteiger partial charge in [-0.1, -0.05) is 17.7 Å². The van der Waals surface area contributed by atoms with E-state index in [4.69, 9.17) is 30.5 Å². The van der Waals surface area contributed by atoms with Crippen LogP contribution < -0.4 is 18.9 Å². The largest absolute Gasteiger partial charge is 0.493 e. The van der Waals surface area contributed by atoms with E-state index in [9.17, 15) is 4.79 Å². The Bertz CT molecular complexity index is 773. The van der Waals surface area contributed by atoms with Gasteiger partial charge in [0.1, 0.15) is 5.75 Å². The second-order valence-electron chi connectivity index (χ2n) is 5.15. The van der Waals surface area contributed by atoms with Crippen molar-refractivity contribution in [2.24, 2.45) is 0 Å². The van der Waals surface area contributed by atoms with Crippen LogP contribution >= 0.6 is 11.6 Å². The van der Waals surface area contributed by atoms with Gasteiger partial charge in [-0.15, -0.1) is 0 Å². The lowest BCUT2D eigenvalue weighted by molar-refractivity contribution is -0.128. The van der Waals surface area contributed by atoms with E-state index in [-0.39, 0.29) is 0 Å². The monoisotopic (exact) mass is 362 g/mol. The molecule has 6 heteroatoms. The number of ether oxygens (including phenoxy) is 4. The molecule has 0 fully saturated rings. The average Bonchev–Trinajstić information content (AvgIpc) is 2.61. The Balaban J connectivity index is 2.20. The molecule has 0 aromatic heterocycles. The number of aryl methyl sites for hydroxylation is 1. The predicted octanol–water partition coefficient (Wildman–Crippen LogP) is 4.29. The molecule has 0 bridgehead atoms. The summed E-state index contributed by atoms with van der Waals surface area (Å²) in [7, 11) is 4.58. The summed E-state index contributed by atoms with van der Waals surface area (Å²) in [5.41, 5.74) is 1.64. The van der Waals surface area contributed by atoms with Crippen LogP contribution in [0.1, 0.15) is 11.1 Å². The molecule has 0 aliphatic rings. The number of carbonyl (C=O) groups excluding carboxylic acids is 1. The van der Waals surface area contributed by atoms with Gasteiger partial charge < -0.3 is 18.9 Å². The Morgan fingerprint density at radius 1 is 0.960 bits per heavy atom. The number of esters is 1. The molecule has 0 aliphatic heterocycles. The third-order valence-corrected chi connectivity index (χ3v) is 3.71. The minimum Gasteiger partial charge on any atom is -0.493 e. The molecule has 0 aliphatic carbocycles. The second kappa shape index (κ2) is 8.44. The third-order valence-electron chi connectivity index (χ3n) is 3.40. The molecule has 25 heavy (non-hydrogen) atoms. The molecule has 0 saturated heterocycles. The summed E-state index contributed by atoms with van der Waals surface area (Å²) in [6, 6.07) is 8.68. The number of rotatable bonds is 6. The van der Waals surface area contributed by atoms with Crippen LogP contribution in [-0.4, -0.2) is 27.3 Å². The smallest absolute Gasteiger partial charge is 0.336 e. The number of carbonyl (C=O) groups is 1. The predicted molar refractivity (Wildman–Crippen MR) is 97.0 cm³/mol. The molecule has 0 saturated carbocycles. The number of methoxy groups -OCH3 is 3. The van der Waals surface area contributed by atoms with Crippen LogP contribution in [0.2, 0.25) is 5.02 Å². The average molecular weight is 363 g/mol. The first kappa shape index (κ1) is 18.7. The number of benzene rings is 2. The van der Waals surface area contributed by atoms with E-state index in [2.05, 4.69) is 0 Å².